The van der Waals surface area contributed by atoms with Crippen LogP contribution in [0.3, 0.4) is 0 Å². The van der Waals surface area contributed by atoms with Gasteiger partial charge in [0.15, 0.2) is 5.60 Å². The van der Waals surface area contributed by atoms with Crippen LogP contribution in [0.15, 0.2) is 53.0 Å². The normalized spacial score (nSPS) is 10.9. The minimum absolute atomic E-state index is 0.161. The van der Waals surface area contributed by atoms with E-state index in [1.54, 1.807) is 26.0 Å². The Morgan fingerprint density at radius 3 is 2.13 bits per heavy atom. The lowest BCUT2D eigenvalue weighted by atomic mass is 10.1. The summed E-state index contributed by atoms with van der Waals surface area (Å²) in [6, 6.07) is 13.1. The third-order valence-corrected chi connectivity index (χ3v) is 3.65. The molecule has 0 saturated heterocycles. The number of anilines is 1. The Bertz CT molecular complexity index is 708. The van der Waals surface area contributed by atoms with E-state index >= 15 is 0 Å². The van der Waals surface area contributed by atoms with E-state index < -0.39 is 11.6 Å². The van der Waals surface area contributed by atoms with Gasteiger partial charge in [0.05, 0.1) is 5.56 Å². The number of carbonyl (C=O) groups is 2. The van der Waals surface area contributed by atoms with Gasteiger partial charge in [-0.2, -0.15) is 0 Å². The molecule has 2 aromatic rings. The summed E-state index contributed by atoms with van der Waals surface area (Å²) in [5, 5.41) is 11.6. The number of aromatic carboxylic acids is 1. The zero-order valence-corrected chi connectivity index (χ0v) is 14.3. The molecule has 0 heterocycles. The first-order chi connectivity index (χ1) is 10.8. The van der Waals surface area contributed by atoms with Crippen LogP contribution in [-0.4, -0.2) is 22.6 Å². The highest BCUT2D eigenvalue weighted by Crippen LogP contribution is 2.22. The average molecular weight is 378 g/mol. The Balaban J connectivity index is 2.05. The van der Waals surface area contributed by atoms with Gasteiger partial charge in [0.1, 0.15) is 5.75 Å². The standard InChI is InChI=1S/C17H16BrNO4/c1-17(2,23-14-9-5-12(18)6-10-14)16(22)19-13-7-3-11(4-8-13)15(20)21/h3-10H,1-2H3,(H,19,22)(H,20,21). The molecule has 0 atom stereocenters. The number of benzene rings is 2. The lowest BCUT2D eigenvalue weighted by Crippen LogP contribution is -2.42. The molecule has 5 nitrogen and oxygen atoms in total. The molecule has 2 rings (SSSR count). The van der Waals surface area contributed by atoms with Crippen molar-refractivity contribution < 1.29 is 19.4 Å². The molecule has 0 radical (unpaired) electrons. The molecular formula is C17H16BrNO4. The summed E-state index contributed by atoms with van der Waals surface area (Å²) in [5.41, 5.74) is -0.417. The molecular weight excluding hydrogens is 362 g/mol. The molecule has 0 spiro atoms. The Kier molecular flexibility index (Phi) is 5.05. The minimum atomic E-state index is -1.08. The first kappa shape index (κ1) is 17.0. The zero-order chi connectivity index (χ0) is 17.0. The third-order valence-electron chi connectivity index (χ3n) is 3.12. The molecule has 120 valence electrons. The SMILES string of the molecule is CC(C)(Oc1ccc(Br)cc1)C(=O)Nc1ccc(C(=O)O)cc1. The molecule has 0 aliphatic rings. The van der Waals surface area contributed by atoms with Crippen LogP contribution in [0, 0.1) is 0 Å². The van der Waals surface area contributed by atoms with Crippen LogP contribution in [0.2, 0.25) is 0 Å². The fraction of sp³-hybridized carbons (Fsp3) is 0.176. The monoisotopic (exact) mass is 377 g/mol. The average Bonchev–Trinajstić information content (AvgIpc) is 2.50. The summed E-state index contributed by atoms with van der Waals surface area (Å²) in [7, 11) is 0. The predicted molar refractivity (Wildman–Crippen MR) is 90.9 cm³/mol. The van der Waals surface area contributed by atoms with Crippen LogP contribution < -0.4 is 10.1 Å². The van der Waals surface area contributed by atoms with Gasteiger partial charge in [0.2, 0.25) is 0 Å². The number of rotatable bonds is 5. The van der Waals surface area contributed by atoms with Gasteiger partial charge in [-0.1, -0.05) is 15.9 Å². The maximum absolute atomic E-state index is 12.4. The topological polar surface area (TPSA) is 75.6 Å². The van der Waals surface area contributed by atoms with Crippen molar-refractivity contribution in [3.63, 3.8) is 0 Å². The van der Waals surface area contributed by atoms with Crippen molar-refractivity contribution in [1.82, 2.24) is 0 Å². The van der Waals surface area contributed by atoms with Crippen molar-refractivity contribution in [2.45, 2.75) is 19.4 Å². The second-order valence-corrected chi connectivity index (χ2v) is 6.32. The number of ether oxygens (including phenoxy) is 1. The van der Waals surface area contributed by atoms with Crippen molar-refractivity contribution in [2.75, 3.05) is 5.32 Å². The van der Waals surface area contributed by atoms with E-state index in [2.05, 4.69) is 21.2 Å². The number of carbonyl (C=O) groups excluding carboxylic acids is 1. The number of hydrogen-bond acceptors (Lipinski definition) is 3. The van der Waals surface area contributed by atoms with Crippen LogP contribution in [0.1, 0.15) is 24.2 Å². The van der Waals surface area contributed by atoms with Gasteiger partial charge in [-0.05, 0) is 62.4 Å². The molecule has 2 aromatic carbocycles. The Morgan fingerprint density at radius 1 is 1.04 bits per heavy atom. The quantitative estimate of drug-likeness (QED) is 0.826. The molecule has 6 heteroatoms. The Labute approximate surface area is 142 Å². The Hall–Kier alpha value is -2.34. The molecule has 0 fully saturated rings. The summed E-state index contributed by atoms with van der Waals surface area (Å²) < 4.78 is 6.65. The maximum atomic E-state index is 12.4. The summed E-state index contributed by atoms with van der Waals surface area (Å²) in [5.74, 6) is -0.764. The van der Waals surface area contributed by atoms with Crippen molar-refractivity contribution in [3.05, 3.63) is 58.6 Å². The summed E-state index contributed by atoms with van der Waals surface area (Å²) in [6.45, 7) is 3.33. The Morgan fingerprint density at radius 2 is 1.61 bits per heavy atom. The molecule has 2 N–H and O–H groups in total. The van der Waals surface area contributed by atoms with Gasteiger partial charge in [0.25, 0.3) is 5.91 Å². The van der Waals surface area contributed by atoms with Gasteiger partial charge >= 0.3 is 5.97 Å². The van der Waals surface area contributed by atoms with E-state index in [9.17, 15) is 9.59 Å². The van der Waals surface area contributed by atoms with Crippen LogP contribution in [-0.2, 0) is 4.79 Å². The smallest absolute Gasteiger partial charge is 0.335 e. The first-order valence-electron chi connectivity index (χ1n) is 6.87. The van der Waals surface area contributed by atoms with Crippen molar-refractivity contribution >= 4 is 33.5 Å². The van der Waals surface area contributed by atoms with Gasteiger partial charge in [0, 0.05) is 10.2 Å². The number of carboxylic acids is 1. The molecule has 0 bridgehead atoms. The number of nitrogens with one attached hydrogen (secondary N) is 1. The van der Waals surface area contributed by atoms with E-state index in [4.69, 9.17) is 9.84 Å². The van der Waals surface area contributed by atoms with Gasteiger partial charge in [-0.15, -0.1) is 0 Å². The molecule has 0 aliphatic carbocycles. The minimum Gasteiger partial charge on any atom is -0.478 e. The summed E-state index contributed by atoms with van der Waals surface area (Å²) in [4.78, 5) is 23.2. The fourth-order valence-corrected chi connectivity index (χ4v) is 2.09. The van der Waals surface area contributed by atoms with Crippen LogP contribution in [0.25, 0.3) is 0 Å². The highest BCUT2D eigenvalue weighted by atomic mass is 79.9. The van der Waals surface area contributed by atoms with Gasteiger partial charge < -0.3 is 15.2 Å². The third kappa shape index (κ3) is 4.56. The fourth-order valence-electron chi connectivity index (χ4n) is 1.82. The second-order valence-electron chi connectivity index (χ2n) is 5.40. The number of carboxylic acid groups (broad SMARTS) is 1. The molecule has 0 aliphatic heterocycles. The van der Waals surface area contributed by atoms with Crippen LogP contribution in [0.5, 0.6) is 5.75 Å². The first-order valence-corrected chi connectivity index (χ1v) is 7.66. The van der Waals surface area contributed by atoms with E-state index in [-0.39, 0.29) is 11.5 Å². The second kappa shape index (κ2) is 6.83. The molecule has 0 unspecified atom stereocenters. The van der Waals surface area contributed by atoms with E-state index in [0.29, 0.717) is 11.4 Å². The van der Waals surface area contributed by atoms with Crippen molar-refractivity contribution in [1.29, 1.82) is 0 Å². The van der Waals surface area contributed by atoms with Gasteiger partial charge in [-0.3, -0.25) is 4.79 Å². The number of halogens is 1. The molecule has 1 amide bonds. The zero-order valence-electron chi connectivity index (χ0n) is 12.7. The summed E-state index contributed by atoms with van der Waals surface area (Å²) >= 11 is 3.34. The van der Waals surface area contributed by atoms with E-state index in [1.165, 1.54) is 24.3 Å². The largest absolute Gasteiger partial charge is 0.478 e. The number of amides is 1. The molecule has 0 aromatic heterocycles. The lowest BCUT2D eigenvalue weighted by Gasteiger charge is -2.25. The highest BCUT2D eigenvalue weighted by Gasteiger charge is 2.30. The van der Waals surface area contributed by atoms with E-state index in [1.807, 2.05) is 12.1 Å². The lowest BCUT2D eigenvalue weighted by molar-refractivity contribution is -0.128. The molecule has 0 saturated carbocycles. The van der Waals surface area contributed by atoms with Gasteiger partial charge in [-0.25, -0.2) is 4.79 Å². The maximum Gasteiger partial charge on any atom is 0.335 e. The van der Waals surface area contributed by atoms with Crippen molar-refractivity contribution in [2.24, 2.45) is 0 Å². The van der Waals surface area contributed by atoms with Crippen LogP contribution in [0.4, 0.5) is 5.69 Å². The van der Waals surface area contributed by atoms with E-state index in [0.717, 1.165) is 4.47 Å². The summed E-state index contributed by atoms with van der Waals surface area (Å²) in [6.07, 6.45) is 0. The molecule has 23 heavy (non-hydrogen) atoms. The van der Waals surface area contributed by atoms with Crippen molar-refractivity contribution in [3.8, 4) is 5.75 Å². The number of hydrogen-bond donors (Lipinski definition) is 2. The predicted octanol–water partition coefficient (Wildman–Crippen LogP) is 3.94. The highest BCUT2D eigenvalue weighted by molar-refractivity contribution is 9.10. The van der Waals surface area contributed by atoms with Crippen LogP contribution >= 0.6 is 15.9 Å².